The van der Waals surface area contributed by atoms with Gasteiger partial charge in [-0.1, -0.05) is 52.7 Å². The van der Waals surface area contributed by atoms with Crippen molar-refractivity contribution in [1.82, 2.24) is 9.97 Å². The molecule has 0 radical (unpaired) electrons. The summed E-state index contributed by atoms with van der Waals surface area (Å²) in [4.78, 5) is 23.7. The fourth-order valence-electron chi connectivity index (χ4n) is 2.49. The standard InChI is InChI=1S/C18H11Cl2N3OS2/c19-15-9-12(16(20)26-15)17(24)23(10-11-5-3-4-8-21-11)18-22-13-6-1-2-7-14(13)25-18/h1-9H,10H2. The highest BCUT2D eigenvalue weighted by Gasteiger charge is 2.25. The molecule has 0 unspecified atom stereocenters. The van der Waals surface area contributed by atoms with E-state index in [-0.39, 0.29) is 5.91 Å². The third-order valence-electron chi connectivity index (χ3n) is 3.69. The van der Waals surface area contributed by atoms with E-state index in [4.69, 9.17) is 23.2 Å². The van der Waals surface area contributed by atoms with Crippen molar-refractivity contribution in [3.8, 4) is 0 Å². The van der Waals surface area contributed by atoms with Gasteiger partial charge in [0.1, 0.15) is 4.34 Å². The van der Waals surface area contributed by atoms with Crippen molar-refractivity contribution in [3.05, 3.63) is 74.7 Å². The van der Waals surface area contributed by atoms with Crippen LogP contribution in [-0.4, -0.2) is 15.9 Å². The van der Waals surface area contributed by atoms with Crippen LogP contribution in [0.2, 0.25) is 8.67 Å². The summed E-state index contributed by atoms with van der Waals surface area (Å²) in [5.74, 6) is -0.247. The summed E-state index contributed by atoms with van der Waals surface area (Å²) < 4.78 is 1.85. The number of para-hydroxylation sites is 1. The van der Waals surface area contributed by atoms with Crippen LogP contribution >= 0.6 is 45.9 Å². The van der Waals surface area contributed by atoms with Crippen molar-refractivity contribution in [2.75, 3.05) is 4.90 Å². The van der Waals surface area contributed by atoms with Crippen LogP contribution in [0.25, 0.3) is 10.2 Å². The zero-order valence-electron chi connectivity index (χ0n) is 13.2. The maximum absolute atomic E-state index is 13.2. The van der Waals surface area contributed by atoms with E-state index in [9.17, 15) is 4.79 Å². The SMILES string of the molecule is O=C(c1cc(Cl)sc1Cl)N(Cc1ccccn1)c1nc2ccccc2s1. The lowest BCUT2D eigenvalue weighted by atomic mass is 10.2. The number of hydrogen-bond donors (Lipinski definition) is 0. The number of thiazole rings is 1. The van der Waals surface area contributed by atoms with Crippen LogP contribution in [-0.2, 0) is 6.54 Å². The molecule has 8 heteroatoms. The van der Waals surface area contributed by atoms with Gasteiger partial charge in [-0.05, 0) is 30.3 Å². The average molecular weight is 420 g/mol. The predicted octanol–water partition coefficient (Wildman–Crippen LogP) is 5.91. The van der Waals surface area contributed by atoms with Crippen molar-refractivity contribution in [2.24, 2.45) is 0 Å². The van der Waals surface area contributed by atoms with Gasteiger partial charge >= 0.3 is 0 Å². The summed E-state index contributed by atoms with van der Waals surface area (Å²) in [7, 11) is 0. The van der Waals surface area contributed by atoms with Crippen molar-refractivity contribution >= 4 is 67.1 Å². The molecule has 26 heavy (non-hydrogen) atoms. The molecule has 3 heterocycles. The zero-order chi connectivity index (χ0) is 18.1. The lowest BCUT2D eigenvalue weighted by Crippen LogP contribution is -2.30. The Hall–Kier alpha value is -1.99. The highest BCUT2D eigenvalue weighted by atomic mass is 35.5. The molecule has 0 aliphatic rings. The Kier molecular flexibility index (Phi) is 4.91. The number of aromatic nitrogens is 2. The van der Waals surface area contributed by atoms with Gasteiger partial charge in [-0.15, -0.1) is 11.3 Å². The second-order valence-electron chi connectivity index (χ2n) is 5.41. The lowest BCUT2D eigenvalue weighted by molar-refractivity contribution is 0.0985. The monoisotopic (exact) mass is 419 g/mol. The van der Waals surface area contributed by atoms with E-state index in [0.29, 0.717) is 25.9 Å². The normalized spacial score (nSPS) is 11.0. The van der Waals surface area contributed by atoms with Crippen LogP contribution in [0.3, 0.4) is 0 Å². The Morgan fingerprint density at radius 3 is 2.58 bits per heavy atom. The topological polar surface area (TPSA) is 46.1 Å². The van der Waals surface area contributed by atoms with E-state index in [1.165, 1.54) is 22.7 Å². The molecule has 4 nitrogen and oxygen atoms in total. The lowest BCUT2D eigenvalue weighted by Gasteiger charge is -2.19. The first kappa shape index (κ1) is 17.4. The number of thiophene rings is 1. The molecule has 4 aromatic rings. The molecule has 0 saturated heterocycles. The number of amides is 1. The molecule has 1 amide bonds. The van der Waals surface area contributed by atoms with Gasteiger partial charge in [0, 0.05) is 6.20 Å². The summed E-state index contributed by atoms with van der Waals surface area (Å²) in [6.07, 6.45) is 1.70. The number of anilines is 1. The number of rotatable bonds is 4. The largest absolute Gasteiger partial charge is 0.278 e. The summed E-state index contributed by atoms with van der Waals surface area (Å²) in [6.45, 7) is 0.295. The number of nitrogens with zero attached hydrogens (tertiary/aromatic N) is 3. The van der Waals surface area contributed by atoms with Crippen molar-refractivity contribution in [1.29, 1.82) is 0 Å². The maximum atomic E-state index is 13.2. The number of pyridine rings is 1. The van der Waals surface area contributed by atoms with Crippen LogP contribution in [0, 0.1) is 0 Å². The number of halogens is 2. The van der Waals surface area contributed by atoms with E-state index in [1.807, 2.05) is 42.5 Å². The Bertz CT molecular complexity index is 1050. The van der Waals surface area contributed by atoms with E-state index in [0.717, 1.165) is 15.9 Å². The first-order chi connectivity index (χ1) is 12.6. The van der Waals surface area contributed by atoms with E-state index in [1.54, 1.807) is 17.2 Å². The molecule has 0 aliphatic heterocycles. The van der Waals surface area contributed by atoms with E-state index in [2.05, 4.69) is 9.97 Å². The van der Waals surface area contributed by atoms with Gasteiger partial charge in [0.25, 0.3) is 5.91 Å². The summed E-state index contributed by atoms with van der Waals surface area (Å²) in [5.41, 5.74) is 1.98. The first-order valence-corrected chi connectivity index (χ1v) is 10.0. The molecule has 0 spiro atoms. The number of hydrogen-bond acceptors (Lipinski definition) is 5. The molecular weight excluding hydrogens is 409 g/mol. The molecule has 0 saturated carbocycles. The van der Waals surface area contributed by atoms with Gasteiger partial charge in [0.2, 0.25) is 0 Å². The Balaban J connectivity index is 1.78. The molecule has 130 valence electrons. The smallest absolute Gasteiger partial charge is 0.262 e. The fourth-order valence-corrected chi connectivity index (χ4v) is 4.90. The average Bonchev–Trinajstić information content (AvgIpc) is 3.22. The number of benzene rings is 1. The molecule has 0 atom stereocenters. The van der Waals surface area contributed by atoms with Crippen molar-refractivity contribution < 1.29 is 4.79 Å². The predicted molar refractivity (Wildman–Crippen MR) is 109 cm³/mol. The second kappa shape index (κ2) is 7.32. The van der Waals surface area contributed by atoms with Gasteiger partial charge in [-0.3, -0.25) is 14.7 Å². The van der Waals surface area contributed by atoms with Gasteiger partial charge in [-0.25, -0.2) is 4.98 Å². The highest BCUT2D eigenvalue weighted by Crippen LogP contribution is 2.35. The fraction of sp³-hybridized carbons (Fsp3) is 0.0556. The van der Waals surface area contributed by atoms with E-state index >= 15 is 0 Å². The molecule has 1 aromatic carbocycles. The van der Waals surface area contributed by atoms with Crippen LogP contribution in [0.15, 0.2) is 54.7 Å². The molecule has 0 fully saturated rings. The van der Waals surface area contributed by atoms with Gasteiger partial charge < -0.3 is 0 Å². The van der Waals surface area contributed by atoms with Crippen LogP contribution < -0.4 is 4.90 Å². The maximum Gasteiger partial charge on any atom is 0.262 e. The zero-order valence-corrected chi connectivity index (χ0v) is 16.4. The third-order valence-corrected chi connectivity index (χ3v) is 6.24. The summed E-state index contributed by atoms with van der Waals surface area (Å²) in [5, 5.41) is 0.597. The van der Waals surface area contributed by atoms with Gasteiger partial charge in [-0.2, -0.15) is 0 Å². The van der Waals surface area contributed by atoms with Gasteiger partial charge in [0.15, 0.2) is 5.13 Å². The minimum atomic E-state index is -0.247. The van der Waals surface area contributed by atoms with E-state index < -0.39 is 0 Å². The molecule has 3 aromatic heterocycles. The van der Waals surface area contributed by atoms with Crippen molar-refractivity contribution in [3.63, 3.8) is 0 Å². The number of carbonyl (C=O) groups is 1. The summed E-state index contributed by atoms with van der Waals surface area (Å²) >= 11 is 14.9. The quantitative estimate of drug-likeness (QED) is 0.413. The van der Waals surface area contributed by atoms with Crippen LogP contribution in [0.5, 0.6) is 0 Å². The number of carbonyl (C=O) groups excluding carboxylic acids is 1. The Labute approximate surface area is 167 Å². The molecular formula is C18H11Cl2N3OS2. The molecule has 0 bridgehead atoms. The minimum absolute atomic E-state index is 0.247. The first-order valence-electron chi connectivity index (χ1n) is 7.64. The van der Waals surface area contributed by atoms with Gasteiger partial charge in [0.05, 0.1) is 32.4 Å². The molecule has 0 N–H and O–H groups in total. The van der Waals surface area contributed by atoms with Crippen LogP contribution in [0.1, 0.15) is 16.1 Å². The summed E-state index contributed by atoms with van der Waals surface area (Å²) in [6, 6.07) is 15.0. The Morgan fingerprint density at radius 2 is 1.88 bits per heavy atom. The molecule has 4 rings (SSSR count). The Morgan fingerprint density at radius 1 is 1.08 bits per heavy atom. The minimum Gasteiger partial charge on any atom is -0.278 e. The highest BCUT2D eigenvalue weighted by molar-refractivity contribution is 7.22. The number of fused-ring (bicyclic) bond motifs is 1. The van der Waals surface area contributed by atoms with Crippen LogP contribution in [0.4, 0.5) is 5.13 Å². The second-order valence-corrected chi connectivity index (χ2v) is 8.71. The molecule has 0 aliphatic carbocycles. The van der Waals surface area contributed by atoms with Crippen molar-refractivity contribution in [2.45, 2.75) is 6.54 Å². The third kappa shape index (κ3) is 3.46.